The number of halogens is 2. The van der Waals surface area contributed by atoms with E-state index in [1.54, 1.807) is 0 Å². The lowest BCUT2D eigenvalue weighted by molar-refractivity contribution is 0.162. The van der Waals surface area contributed by atoms with Gasteiger partial charge in [0.2, 0.25) is 0 Å². The van der Waals surface area contributed by atoms with Gasteiger partial charge in [-0.05, 0) is 30.5 Å². The van der Waals surface area contributed by atoms with Gasteiger partial charge in [0.1, 0.15) is 0 Å². The van der Waals surface area contributed by atoms with E-state index in [9.17, 15) is 13.9 Å². The first-order valence-electron chi connectivity index (χ1n) is 6.01. The third-order valence-corrected chi connectivity index (χ3v) is 3.46. The molecule has 0 spiro atoms. The zero-order valence-corrected chi connectivity index (χ0v) is 10.00. The molecular weight excluding hydrogens is 240 g/mol. The molecule has 0 bridgehead atoms. The molecule has 100 valence electrons. The van der Waals surface area contributed by atoms with Crippen LogP contribution in [0.3, 0.4) is 0 Å². The lowest BCUT2D eigenvalue weighted by Crippen LogP contribution is -2.30. The zero-order valence-electron chi connectivity index (χ0n) is 10.00. The molecule has 1 unspecified atom stereocenters. The monoisotopic (exact) mass is 257 g/mol. The van der Waals surface area contributed by atoms with Crippen molar-refractivity contribution in [3.63, 3.8) is 0 Å². The number of aliphatic hydroxyl groups excluding tert-OH is 2. The first kappa shape index (κ1) is 13.4. The summed E-state index contributed by atoms with van der Waals surface area (Å²) < 4.78 is 25.7. The molecule has 1 fully saturated rings. The SMILES string of the molecule is OCC1(CNCC(O)c2ccc(F)c(F)c2)CC1. The second kappa shape index (κ2) is 5.30. The summed E-state index contributed by atoms with van der Waals surface area (Å²) in [7, 11) is 0. The highest BCUT2D eigenvalue weighted by molar-refractivity contribution is 5.20. The molecule has 1 aliphatic rings. The van der Waals surface area contributed by atoms with Crippen LogP contribution in [-0.4, -0.2) is 29.9 Å². The summed E-state index contributed by atoms with van der Waals surface area (Å²) in [4.78, 5) is 0. The number of hydrogen-bond donors (Lipinski definition) is 3. The Labute approximate surface area is 104 Å². The van der Waals surface area contributed by atoms with E-state index in [-0.39, 0.29) is 18.6 Å². The van der Waals surface area contributed by atoms with E-state index in [0.29, 0.717) is 12.1 Å². The summed E-state index contributed by atoms with van der Waals surface area (Å²) >= 11 is 0. The van der Waals surface area contributed by atoms with Gasteiger partial charge in [-0.2, -0.15) is 0 Å². The van der Waals surface area contributed by atoms with Crippen molar-refractivity contribution in [2.75, 3.05) is 19.7 Å². The van der Waals surface area contributed by atoms with Crippen molar-refractivity contribution in [3.8, 4) is 0 Å². The van der Waals surface area contributed by atoms with Crippen molar-refractivity contribution >= 4 is 0 Å². The van der Waals surface area contributed by atoms with Crippen molar-refractivity contribution in [3.05, 3.63) is 35.4 Å². The molecule has 1 atom stereocenters. The van der Waals surface area contributed by atoms with Gasteiger partial charge in [0.15, 0.2) is 11.6 Å². The minimum atomic E-state index is -0.958. The normalized spacial score (nSPS) is 18.7. The molecular formula is C13H17F2NO2. The Kier molecular flexibility index (Phi) is 3.94. The maximum Gasteiger partial charge on any atom is 0.159 e. The van der Waals surface area contributed by atoms with Crippen LogP contribution in [0, 0.1) is 17.0 Å². The fraction of sp³-hybridized carbons (Fsp3) is 0.538. The van der Waals surface area contributed by atoms with Gasteiger partial charge < -0.3 is 15.5 Å². The summed E-state index contributed by atoms with van der Waals surface area (Å²) in [5, 5.41) is 22.0. The summed E-state index contributed by atoms with van der Waals surface area (Å²) in [5.41, 5.74) is 0.309. The second-order valence-electron chi connectivity index (χ2n) is 4.98. The number of rotatable bonds is 6. The highest BCUT2D eigenvalue weighted by Crippen LogP contribution is 2.44. The number of aliphatic hydroxyl groups is 2. The van der Waals surface area contributed by atoms with Crippen molar-refractivity contribution < 1.29 is 19.0 Å². The molecule has 3 N–H and O–H groups in total. The Morgan fingerprint density at radius 1 is 1.28 bits per heavy atom. The Morgan fingerprint density at radius 3 is 2.56 bits per heavy atom. The molecule has 0 aliphatic heterocycles. The fourth-order valence-electron chi connectivity index (χ4n) is 1.88. The Morgan fingerprint density at radius 2 is 2.00 bits per heavy atom. The van der Waals surface area contributed by atoms with Gasteiger partial charge in [0, 0.05) is 25.1 Å². The van der Waals surface area contributed by atoms with Crippen molar-refractivity contribution in [2.24, 2.45) is 5.41 Å². The maximum absolute atomic E-state index is 13.0. The minimum Gasteiger partial charge on any atom is -0.396 e. The Bertz CT molecular complexity index is 421. The first-order chi connectivity index (χ1) is 8.56. The van der Waals surface area contributed by atoms with E-state index in [2.05, 4.69) is 5.32 Å². The maximum atomic E-state index is 13.0. The van der Waals surface area contributed by atoms with E-state index in [1.165, 1.54) is 6.07 Å². The Balaban J connectivity index is 1.83. The average Bonchev–Trinajstić information content (AvgIpc) is 3.13. The average molecular weight is 257 g/mol. The van der Waals surface area contributed by atoms with Gasteiger partial charge in [-0.25, -0.2) is 8.78 Å². The van der Waals surface area contributed by atoms with Gasteiger partial charge in [-0.3, -0.25) is 0 Å². The summed E-state index contributed by atoms with van der Waals surface area (Å²) in [6.07, 6.45) is 1.09. The van der Waals surface area contributed by atoms with E-state index in [0.717, 1.165) is 25.0 Å². The topological polar surface area (TPSA) is 52.5 Å². The smallest absolute Gasteiger partial charge is 0.159 e. The van der Waals surface area contributed by atoms with Gasteiger partial charge >= 0.3 is 0 Å². The number of benzene rings is 1. The van der Waals surface area contributed by atoms with Crippen LogP contribution in [0.15, 0.2) is 18.2 Å². The lowest BCUT2D eigenvalue weighted by atomic mass is 10.1. The first-order valence-corrected chi connectivity index (χ1v) is 6.01. The summed E-state index contributed by atoms with van der Waals surface area (Å²) in [6.45, 7) is 1.03. The van der Waals surface area contributed by atoms with E-state index >= 15 is 0 Å². The second-order valence-corrected chi connectivity index (χ2v) is 4.98. The molecule has 0 heterocycles. The van der Waals surface area contributed by atoms with Crippen LogP contribution in [0.5, 0.6) is 0 Å². The van der Waals surface area contributed by atoms with Crippen LogP contribution in [0.2, 0.25) is 0 Å². The van der Waals surface area contributed by atoms with Crippen molar-refractivity contribution in [1.29, 1.82) is 0 Å². The van der Waals surface area contributed by atoms with Crippen LogP contribution in [0.25, 0.3) is 0 Å². The minimum absolute atomic E-state index is 0.0340. The third-order valence-electron chi connectivity index (χ3n) is 3.46. The molecule has 2 rings (SSSR count). The largest absolute Gasteiger partial charge is 0.396 e. The lowest BCUT2D eigenvalue weighted by Gasteiger charge is -2.16. The van der Waals surface area contributed by atoms with E-state index < -0.39 is 17.7 Å². The molecule has 5 heteroatoms. The van der Waals surface area contributed by atoms with E-state index in [4.69, 9.17) is 5.11 Å². The molecule has 1 aromatic carbocycles. The van der Waals surface area contributed by atoms with Crippen molar-refractivity contribution in [2.45, 2.75) is 18.9 Å². The van der Waals surface area contributed by atoms with E-state index in [1.807, 2.05) is 0 Å². The molecule has 0 saturated heterocycles. The predicted octanol–water partition coefficient (Wildman–Crippen LogP) is 1.36. The van der Waals surface area contributed by atoms with Crippen LogP contribution < -0.4 is 5.32 Å². The quantitative estimate of drug-likeness (QED) is 0.721. The van der Waals surface area contributed by atoms with Gasteiger partial charge in [-0.15, -0.1) is 0 Å². The fourth-order valence-corrected chi connectivity index (χ4v) is 1.88. The summed E-state index contributed by atoms with van der Waals surface area (Å²) in [5.74, 6) is -1.88. The standard InChI is InChI=1S/C13H17F2NO2/c14-10-2-1-9(5-11(10)15)12(18)6-16-7-13(8-17)3-4-13/h1-2,5,12,16-18H,3-4,6-8H2. The van der Waals surface area contributed by atoms with Gasteiger partial charge in [0.25, 0.3) is 0 Å². The Hall–Kier alpha value is -1.04. The molecule has 0 radical (unpaired) electrons. The zero-order chi connectivity index (χ0) is 13.2. The van der Waals surface area contributed by atoms with Gasteiger partial charge in [0.05, 0.1) is 6.10 Å². The summed E-state index contributed by atoms with van der Waals surface area (Å²) in [6, 6.07) is 3.37. The molecule has 1 aromatic rings. The van der Waals surface area contributed by atoms with Crippen LogP contribution in [0.1, 0.15) is 24.5 Å². The van der Waals surface area contributed by atoms with Crippen molar-refractivity contribution in [1.82, 2.24) is 5.32 Å². The molecule has 0 amide bonds. The molecule has 0 aromatic heterocycles. The van der Waals surface area contributed by atoms with Crippen LogP contribution in [-0.2, 0) is 0 Å². The molecule has 1 aliphatic carbocycles. The predicted molar refractivity (Wildman–Crippen MR) is 62.9 cm³/mol. The van der Waals surface area contributed by atoms with Crippen LogP contribution >= 0.6 is 0 Å². The molecule has 18 heavy (non-hydrogen) atoms. The molecule has 3 nitrogen and oxygen atoms in total. The number of hydrogen-bond acceptors (Lipinski definition) is 3. The van der Waals surface area contributed by atoms with Gasteiger partial charge in [-0.1, -0.05) is 6.07 Å². The number of nitrogens with one attached hydrogen (secondary N) is 1. The highest BCUT2D eigenvalue weighted by atomic mass is 19.2. The highest BCUT2D eigenvalue weighted by Gasteiger charge is 2.41. The molecule has 1 saturated carbocycles. The van der Waals surface area contributed by atoms with Crippen LogP contribution in [0.4, 0.5) is 8.78 Å². The third kappa shape index (κ3) is 3.04.